The fraction of sp³-hybridized carbons (Fsp3) is 0.444. The van der Waals surface area contributed by atoms with Crippen molar-refractivity contribution in [2.24, 2.45) is 0 Å². The first kappa shape index (κ1) is 16.7. The summed E-state index contributed by atoms with van der Waals surface area (Å²) in [5, 5.41) is 6.29. The van der Waals surface area contributed by atoms with Gasteiger partial charge in [-0.1, -0.05) is 30.3 Å². The summed E-state index contributed by atoms with van der Waals surface area (Å²) in [6.07, 6.45) is 2.63. The molecule has 0 radical (unpaired) electrons. The lowest BCUT2D eigenvalue weighted by Crippen LogP contribution is -2.46. The van der Waals surface area contributed by atoms with Crippen LogP contribution in [0.2, 0.25) is 0 Å². The van der Waals surface area contributed by atoms with Crippen LogP contribution in [-0.2, 0) is 11.2 Å². The van der Waals surface area contributed by atoms with E-state index in [0.29, 0.717) is 25.3 Å². The molecular formula is C18H24N4O2. The van der Waals surface area contributed by atoms with Gasteiger partial charge < -0.3 is 15.1 Å². The number of carbonyl (C=O) groups is 1. The first-order valence-electron chi connectivity index (χ1n) is 8.51. The zero-order chi connectivity index (χ0) is 16.6. The Labute approximate surface area is 142 Å². The van der Waals surface area contributed by atoms with Crippen LogP contribution in [0.4, 0.5) is 0 Å². The van der Waals surface area contributed by atoms with Gasteiger partial charge in [0.25, 0.3) is 0 Å². The second-order valence-electron chi connectivity index (χ2n) is 5.93. The molecule has 3 rings (SSSR count). The maximum atomic E-state index is 11.9. The number of carbonyl (C=O) groups excluding carboxylic acids is 1. The Bertz CT molecular complexity index is 635. The highest BCUT2D eigenvalue weighted by Gasteiger charge is 2.11. The van der Waals surface area contributed by atoms with E-state index in [9.17, 15) is 4.79 Å². The fourth-order valence-electron chi connectivity index (χ4n) is 2.76. The van der Waals surface area contributed by atoms with Crippen molar-refractivity contribution in [3.05, 3.63) is 42.4 Å². The monoisotopic (exact) mass is 328 g/mol. The number of rotatable bonds is 7. The van der Waals surface area contributed by atoms with Crippen LogP contribution < -0.4 is 10.6 Å². The van der Waals surface area contributed by atoms with Crippen LogP contribution >= 0.6 is 0 Å². The minimum absolute atomic E-state index is 0.0459. The number of nitrogens with zero attached hydrogens (tertiary/aromatic N) is 2. The number of hydrogen-bond donors (Lipinski definition) is 2. The lowest BCUT2D eigenvalue weighted by Gasteiger charge is -2.27. The van der Waals surface area contributed by atoms with Crippen LogP contribution in [0.5, 0.6) is 0 Å². The fourth-order valence-corrected chi connectivity index (χ4v) is 2.76. The zero-order valence-corrected chi connectivity index (χ0v) is 13.8. The minimum Gasteiger partial charge on any atom is -0.441 e. The standard InChI is InChI=1S/C18H24N4O2/c23-17(20-10-13-22-11-8-19-9-12-22)6-7-18-21-14-16(24-18)15-4-2-1-3-5-15/h1-5,14,19H,6-13H2,(H,20,23). The predicted molar refractivity (Wildman–Crippen MR) is 92.6 cm³/mol. The van der Waals surface area contributed by atoms with Crippen molar-refractivity contribution in [3.63, 3.8) is 0 Å². The summed E-state index contributed by atoms with van der Waals surface area (Å²) in [6, 6.07) is 9.85. The van der Waals surface area contributed by atoms with Crippen molar-refractivity contribution in [3.8, 4) is 11.3 Å². The maximum absolute atomic E-state index is 11.9. The van der Waals surface area contributed by atoms with Gasteiger partial charge in [-0.2, -0.15) is 0 Å². The van der Waals surface area contributed by atoms with Gasteiger partial charge in [-0.15, -0.1) is 0 Å². The highest BCUT2D eigenvalue weighted by Crippen LogP contribution is 2.20. The highest BCUT2D eigenvalue weighted by molar-refractivity contribution is 5.76. The Kier molecular flexibility index (Phi) is 5.98. The molecule has 0 atom stereocenters. The van der Waals surface area contributed by atoms with Crippen LogP contribution in [0, 0.1) is 0 Å². The minimum atomic E-state index is 0.0459. The number of nitrogens with one attached hydrogen (secondary N) is 2. The van der Waals surface area contributed by atoms with Crippen LogP contribution in [0.25, 0.3) is 11.3 Å². The molecule has 2 N–H and O–H groups in total. The molecule has 1 aliphatic heterocycles. The van der Waals surface area contributed by atoms with E-state index >= 15 is 0 Å². The molecule has 6 nitrogen and oxygen atoms in total. The summed E-state index contributed by atoms with van der Waals surface area (Å²) < 4.78 is 5.71. The van der Waals surface area contributed by atoms with Crippen molar-refractivity contribution in [1.82, 2.24) is 20.5 Å². The first-order chi connectivity index (χ1) is 11.8. The molecule has 6 heteroatoms. The van der Waals surface area contributed by atoms with Gasteiger partial charge in [0, 0.05) is 57.7 Å². The molecular weight excluding hydrogens is 304 g/mol. The molecule has 1 amide bonds. The van der Waals surface area contributed by atoms with Crippen molar-refractivity contribution in [2.75, 3.05) is 39.3 Å². The molecule has 0 unspecified atom stereocenters. The third kappa shape index (κ3) is 4.91. The Balaban J connectivity index is 1.38. The number of benzene rings is 1. The molecule has 128 valence electrons. The molecule has 0 saturated carbocycles. The molecule has 1 aromatic heterocycles. The predicted octanol–water partition coefficient (Wildman–Crippen LogP) is 1.30. The highest BCUT2D eigenvalue weighted by atomic mass is 16.4. The van der Waals surface area contributed by atoms with Gasteiger partial charge in [-0.25, -0.2) is 4.98 Å². The quantitative estimate of drug-likeness (QED) is 0.802. The largest absolute Gasteiger partial charge is 0.441 e. The van der Waals surface area contributed by atoms with E-state index in [4.69, 9.17) is 4.42 Å². The van der Waals surface area contributed by atoms with Gasteiger partial charge >= 0.3 is 0 Å². The Morgan fingerprint density at radius 2 is 2.04 bits per heavy atom. The van der Waals surface area contributed by atoms with Gasteiger partial charge in [0.15, 0.2) is 11.7 Å². The smallest absolute Gasteiger partial charge is 0.220 e. The molecule has 24 heavy (non-hydrogen) atoms. The third-order valence-corrected chi connectivity index (χ3v) is 4.14. The van der Waals surface area contributed by atoms with Crippen LogP contribution in [0.3, 0.4) is 0 Å². The molecule has 1 aromatic carbocycles. The van der Waals surface area contributed by atoms with E-state index in [2.05, 4.69) is 20.5 Å². The Hall–Kier alpha value is -2.18. The average molecular weight is 328 g/mol. The van der Waals surface area contributed by atoms with Crippen molar-refractivity contribution >= 4 is 5.91 Å². The SMILES string of the molecule is O=C(CCc1ncc(-c2ccccc2)o1)NCCN1CCNCC1. The summed E-state index contributed by atoms with van der Waals surface area (Å²) in [5.41, 5.74) is 0.997. The summed E-state index contributed by atoms with van der Waals surface area (Å²) in [5.74, 6) is 1.39. The summed E-state index contributed by atoms with van der Waals surface area (Å²) >= 11 is 0. The lowest BCUT2D eigenvalue weighted by molar-refractivity contribution is -0.121. The van der Waals surface area contributed by atoms with E-state index in [-0.39, 0.29) is 5.91 Å². The molecule has 1 saturated heterocycles. The first-order valence-corrected chi connectivity index (χ1v) is 8.51. The van der Waals surface area contributed by atoms with Gasteiger partial charge in [-0.3, -0.25) is 9.69 Å². The number of aromatic nitrogens is 1. The van der Waals surface area contributed by atoms with Gasteiger partial charge in [0.05, 0.1) is 6.20 Å². The number of oxazole rings is 1. The van der Waals surface area contributed by atoms with E-state index in [0.717, 1.165) is 44.0 Å². The third-order valence-electron chi connectivity index (χ3n) is 4.14. The zero-order valence-electron chi connectivity index (χ0n) is 13.8. The van der Waals surface area contributed by atoms with Gasteiger partial charge in [0.2, 0.25) is 5.91 Å². The summed E-state index contributed by atoms with van der Waals surface area (Å²) in [6.45, 7) is 5.76. The molecule has 0 bridgehead atoms. The van der Waals surface area contributed by atoms with E-state index in [1.807, 2.05) is 30.3 Å². The molecule has 0 spiro atoms. The van der Waals surface area contributed by atoms with Crippen LogP contribution in [0.15, 0.2) is 40.9 Å². The molecule has 1 aliphatic rings. The van der Waals surface area contributed by atoms with Gasteiger partial charge in [-0.05, 0) is 0 Å². The second kappa shape index (κ2) is 8.61. The Morgan fingerprint density at radius 1 is 1.25 bits per heavy atom. The van der Waals surface area contributed by atoms with Crippen LogP contribution in [-0.4, -0.2) is 55.1 Å². The Morgan fingerprint density at radius 3 is 2.83 bits per heavy atom. The lowest BCUT2D eigenvalue weighted by atomic mass is 10.2. The normalized spacial score (nSPS) is 15.3. The van der Waals surface area contributed by atoms with Crippen molar-refractivity contribution < 1.29 is 9.21 Å². The maximum Gasteiger partial charge on any atom is 0.220 e. The molecule has 2 aromatic rings. The van der Waals surface area contributed by atoms with Crippen LogP contribution in [0.1, 0.15) is 12.3 Å². The number of hydrogen-bond acceptors (Lipinski definition) is 5. The van der Waals surface area contributed by atoms with Crippen molar-refractivity contribution in [1.29, 1.82) is 0 Å². The van der Waals surface area contributed by atoms with E-state index < -0.39 is 0 Å². The molecule has 2 heterocycles. The van der Waals surface area contributed by atoms with Crippen molar-refractivity contribution in [2.45, 2.75) is 12.8 Å². The molecule has 0 aliphatic carbocycles. The van der Waals surface area contributed by atoms with E-state index in [1.165, 1.54) is 0 Å². The van der Waals surface area contributed by atoms with E-state index in [1.54, 1.807) is 6.20 Å². The van der Waals surface area contributed by atoms with Gasteiger partial charge in [0.1, 0.15) is 0 Å². The average Bonchev–Trinajstić information content (AvgIpc) is 3.11. The second-order valence-corrected chi connectivity index (χ2v) is 5.93. The molecule has 1 fully saturated rings. The number of aryl methyl sites for hydroxylation is 1. The number of amides is 1. The summed E-state index contributed by atoms with van der Waals surface area (Å²) in [4.78, 5) is 18.5. The summed E-state index contributed by atoms with van der Waals surface area (Å²) in [7, 11) is 0. The number of piperazine rings is 1. The topological polar surface area (TPSA) is 70.4 Å².